The maximum atomic E-state index is 12.5. The smallest absolute Gasteiger partial charge is 0.273 e. The van der Waals surface area contributed by atoms with Crippen molar-refractivity contribution in [1.82, 2.24) is 9.21 Å². The van der Waals surface area contributed by atoms with Gasteiger partial charge in [0.05, 0.1) is 16.1 Å². The van der Waals surface area contributed by atoms with Crippen LogP contribution in [0.15, 0.2) is 16.3 Å². The first-order valence-electron chi connectivity index (χ1n) is 6.14. The number of carbonyl (C=O) groups excluding carboxylic acids is 2. The SMILES string of the molecule is O=C1CSC(=O)N1C1CCN(S(=O)(=O)c2ccc(Cl)s2)C1. The van der Waals surface area contributed by atoms with Gasteiger partial charge >= 0.3 is 0 Å². The van der Waals surface area contributed by atoms with E-state index in [0.29, 0.717) is 17.3 Å². The van der Waals surface area contributed by atoms with Crippen molar-refractivity contribution in [2.45, 2.75) is 16.7 Å². The molecule has 0 spiro atoms. The Hall–Kier alpha value is -0.610. The Bertz CT molecular complexity index is 686. The summed E-state index contributed by atoms with van der Waals surface area (Å²) in [5, 5.41) is -0.289. The lowest BCUT2D eigenvalue weighted by Crippen LogP contribution is -2.41. The second-order valence-electron chi connectivity index (χ2n) is 4.68. The Labute approximate surface area is 135 Å². The fourth-order valence-electron chi connectivity index (χ4n) is 2.42. The van der Waals surface area contributed by atoms with E-state index in [1.54, 1.807) is 0 Å². The Morgan fingerprint density at radius 1 is 1.29 bits per heavy atom. The van der Waals surface area contributed by atoms with Crippen LogP contribution in [0.1, 0.15) is 6.42 Å². The zero-order valence-electron chi connectivity index (χ0n) is 10.7. The van der Waals surface area contributed by atoms with E-state index in [1.807, 2.05) is 0 Å². The topological polar surface area (TPSA) is 74.8 Å². The maximum Gasteiger partial charge on any atom is 0.289 e. The number of nitrogens with zero attached hydrogens (tertiary/aromatic N) is 2. The molecule has 2 amide bonds. The molecule has 2 aliphatic heterocycles. The number of halogens is 1. The number of sulfonamides is 1. The molecule has 2 saturated heterocycles. The van der Waals surface area contributed by atoms with E-state index in [-0.39, 0.29) is 33.7 Å². The number of thiophene rings is 1. The fourth-order valence-corrected chi connectivity index (χ4v) is 6.33. The van der Waals surface area contributed by atoms with Crippen LogP contribution in [0.2, 0.25) is 4.34 Å². The first-order chi connectivity index (χ1) is 9.89. The second-order valence-corrected chi connectivity index (χ2v) is 9.49. The summed E-state index contributed by atoms with van der Waals surface area (Å²) >= 11 is 7.74. The van der Waals surface area contributed by atoms with Crippen molar-refractivity contribution >= 4 is 55.9 Å². The molecule has 21 heavy (non-hydrogen) atoms. The molecule has 3 heterocycles. The van der Waals surface area contributed by atoms with Crippen molar-refractivity contribution in [3.05, 3.63) is 16.5 Å². The fraction of sp³-hybridized carbons (Fsp3) is 0.455. The standard InChI is InChI=1S/C11H11ClN2O4S3/c12-8-1-2-10(20-8)21(17,18)13-4-3-7(5-13)14-9(15)6-19-11(14)16/h1-2,7H,3-6H2. The lowest BCUT2D eigenvalue weighted by atomic mass is 10.2. The molecule has 2 fully saturated rings. The second kappa shape index (κ2) is 5.54. The normalized spacial score (nSPS) is 24.2. The highest BCUT2D eigenvalue weighted by Crippen LogP contribution is 2.32. The zero-order valence-corrected chi connectivity index (χ0v) is 13.9. The lowest BCUT2D eigenvalue weighted by Gasteiger charge is -2.21. The number of imide groups is 1. The minimum absolute atomic E-state index is 0.141. The van der Waals surface area contributed by atoms with Crippen molar-refractivity contribution in [1.29, 1.82) is 0 Å². The average molecular weight is 367 g/mol. The molecule has 0 N–H and O–H groups in total. The Balaban J connectivity index is 1.78. The van der Waals surface area contributed by atoms with Gasteiger partial charge in [-0.15, -0.1) is 11.3 Å². The molecule has 0 bridgehead atoms. The van der Waals surface area contributed by atoms with Crippen molar-refractivity contribution in [3.63, 3.8) is 0 Å². The van der Waals surface area contributed by atoms with Crippen LogP contribution in [0.3, 0.4) is 0 Å². The lowest BCUT2D eigenvalue weighted by molar-refractivity contribution is -0.126. The highest BCUT2D eigenvalue weighted by molar-refractivity contribution is 8.14. The third-order valence-corrected chi connectivity index (χ3v) is 7.82. The molecule has 0 radical (unpaired) electrons. The van der Waals surface area contributed by atoms with Crippen LogP contribution >= 0.6 is 34.7 Å². The zero-order chi connectivity index (χ0) is 15.2. The minimum atomic E-state index is -3.60. The maximum absolute atomic E-state index is 12.5. The highest BCUT2D eigenvalue weighted by atomic mass is 35.5. The molecule has 1 aromatic heterocycles. The Morgan fingerprint density at radius 2 is 2.05 bits per heavy atom. The van der Waals surface area contributed by atoms with Gasteiger partial charge < -0.3 is 0 Å². The van der Waals surface area contributed by atoms with Crippen molar-refractivity contribution in [3.8, 4) is 0 Å². The van der Waals surface area contributed by atoms with E-state index in [4.69, 9.17) is 11.6 Å². The summed E-state index contributed by atoms with van der Waals surface area (Å²) in [6.07, 6.45) is 0.469. The predicted octanol–water partition coefficient (Wildman–Crippen LogP) is 1.86. The van der Waals surface area contributed by atoms with Gasteiger partial charge in [-0.1, -0.05) is 23.4 Å². The van der Waals surface area contributed by atoms with Crippen molar-refractivity contribution in [2.75, 3.05) is 18.8 Å². The van der Waals surface area contributed by atoms with Crippen LogP contribution in [0.4, 0.5) is 4.79 Å². The van der Waals surface area contributed by atoms with Gasteiger partial charge in [0.2, 0.25) is 5.91 Å². The number of carbonyl (C=O) groups is 2. The largest absolute Gasteiger partial charge is 0.289 e. The molecule has 6 nitrogen and oxygen atoms in total. The molecule has 114 valence electrons. The molecule has 0 aliphatic carbocycles. The van der Waals surface area contributed by atoms with Crippen LogP contribution in [0, 0.1) is 0 Å². The van der Waals surface area contributed by atoms with Gasteiger partial charge in [-0.3, -0.25) is 14.5 Å². The van der Waals surface area contributed by atoms with E-state index in [2.05, 4.69) is 0 Å². The Kier molecular flexibility index (Phi) is 4.04. The van der Waals surface area contributed by atoms with Crippen LogP contribution in [-0.4, -0.2) is 53.7 Å². The van der Waals surface area contributed by atoms with E-state index < -0.39 is 10.0 Å². The molecular formula is C11H11ClN2O4S3. The molecule has 1 unspecified atom stereocenters. The first-order valence-corrected chi connectivity index (χ1v) is 9.76. The number of amides is 2. The summed E-state index contributed by atoms with van der Waals surface area (Å²) in [5.41, 5.74) is 0. The summed E-state index contributed by atoms with van der Waals surface area (Å²) < 4.78 is 26.8. The molecule has 0 aromatic carbocycles. The van der Waals surface area contributed by atoms with Crippen molar-refractivity contribution in [2.24, 2.45) is 0 Å². The average Bonchev–Trinajstić information content (AvgIpc) is 3.11. The predicted molar refractivity (Wildman–Crippen MR) is 81.2 cm³/mol. The Morgan fingerprint density at radius 3 is 2.62 bits per heavy atom. The number of hydrogen-bond donors (Lipinski definition) is 0. The van der Waals surface area contributed by atoms with Gasteiger partial charge in [0.1, 0.15) is 4.21 Å². The first kappa shape index (κ1) is 15.3. The molecule has 10 heteroatoms. The summed E-state index contributed by atoms with van der Waals surface area (Å²) in [6.45, 7) is 0.445. The number of hydrogen-bond acceptors (Lipinski definition) is 6. The molecule has 0 saturated carbocycles. The quantitative estimate of drug-likeness (QED) is 0.816. The van der Waals surface area contributed by atoms with E-state index in [1.165, 1.54) is 21.3 Å². The molecular weight excluding hydrogens is 356 g/mol. The van der Waals surface area contributed by atoms with E-state index in [9.17, 15) is 18.0 Å². The van der Waals surface area contributed by atoms with E-state index in [0.717, 1.165) is 23.1 Å². The third kappa shape index (κ3) is 2.72. The monoisotopic (exact) mass is 366 g/mol. The van der Waals surface area contributed by atoms with Crippen LogP contribution in [0.5, 0.6) is 0 Å². The highest BCUT2D eigenvalue weighted by Gasteiger charge is 2.42. The van der Waals surface area contributed by atoms with Gasteiger partial charge in [0, 0.05) is 13.1 Å². The molecule has 1 atom stereocenters. The molecule has 2 aliphatic rings. The van der Waals surface area contributed by atoms with Gasteiger partial charge in [-0.2, -0.15) is 4.31 Å². The van der Waals surface area contributed by atoms with Gasteiger partial charge in [-0.25, -0.2) is 8.42 Å². The van der Waals surface area contributed by atoms with Crippen LogP contribution < -0.4 is 0 Å². The molecule has 3 rings (SSSR count). The minimum Gasteiger partial charge on any atom is -0.273 e. The van der Waals surface area contributed by atoms with Crippen molar-refractivity contribution < 1.29 is 18.0 Å². The summed E-state index contributed by atoms with van der Waals surface area (Å²) in [4.78, 5) is 24.6. The van der Waals surface area contributed by atoms with Gasteiger partial charge in [0.25, 0.3) is 15.3 Å². The van der Waals surface area contributed by atoms with Crippen LogP contribution in [0.25, 0.3) is 0 Å². The molecule has 1 aromatic rings. The number of thioether (sulfide) groups is 1. The van der Waals surface area contributed by atoms with Gasteiger partial charge in [0.15, 0.2) is 0 Å². The summed E-state index contributed by atoms with van der Waals surface area (Å²) in [6, 6.07) is 2.64. The third-order valence-electron chi connectivity index (χ3n) is 3.42. The summed E-state index contributed by atoms with van der Waals surface area (Å²) in [5.74, 6) is -0.101. The number of rotatable bonds is 3. The van der Waals surface area contributed by atoms with E-state index >= 15 is 0 Å². The summed E-state index contributed by atoms with van der Waals surface area (Å²) in [7, 11) is -3.60. The van der Waals surface area contributed by atoms with Crippen LogP contribution in [-0.2, 0) is 14.8 Å². The van der Waals surface area contributed by atoms with Gasteiger partial charge in [-0.05, 0) is 18.6 Å².